The predicted octanol–water partition coefficient (Wildman–Crippen LogP) is 4.84. The fourth-order valence-electron chi connectivity index (χ4n) is 5.64. The van der Waals surface area contributed by atoms with E-state index in [-0.39, 0.29) is 53.5 Å². The van der Waals surface area contributed by atoms with Crippen LogP contribution in [-0.4, -0.2) is 53.2 Å². The Labute approximate surface area is 218 Å². The molecule has 1 aliphatic heterocycles. The van der Waals surface area contributed by atoms with Crippen LogP contribution in [0.4, 0.5) is 8.78 Å². The lowest BCUT2D eigenvalue weighted by Gasteiger charge is -2.31. The number of carbonyl (C=O) groups excluding carboxylic acids is 1. The number of piperidine rings is 1. The van der Waals surface area contributed by atoms with Gasteiger partial charge in [-0.15, -0.1) is 0 Å². The van der Waals surface area contributed by atoms with Crippen molar-refractivity contribution in [3.8, 4) is 0 Å². The van der Waals surface area contributed by atoms with Crippen LogP contribution in [0.25, 0.3) is 11.0 Å². The second kappa shape index (κ2) is 9.59. The van der Waals surface area contributed by atoms with Crippen LogP contribution < -0.4 is 5.32 Å². The number of sulfonamides is 1. The summed E-state index contributed by atoms with van der Waals surface area (Å²) in [6.07, 6.45) is 4.08. The van der Waals surface area contributed by atoms with Gasteiger partial charge < -0.3 is 9.88 Å². The number of nitrogens with zero attached hydrogens (tertiary/aromatic N) is 3. The first-order valence-corrected chi connectivity index (χ1v) is 15.0. The van der Waals surface area contributed by atoms with Gasteiger partial charge in [-0.2, -0.15) is 4.31 Å². The number of rotatable bonds is 6. The Morgan fingerprint density at radius 1 is 1.14 bits per heavy atom. The number of carbonyl (C=O) groups is 1. The Hall–Kier alpha value is -2.07. The standard InChI is InChI=1S/C27H38F2N4O3S/c1-26(2,3)25-31-22-15-21(8-9-23(22)33(25)16-18-10-12-27(28,29)13-11-18)37(35,36)32-14-4-5-19(17-32)24(34)30-20-6-7-20/h8-9,15,18-20H,4-7,10-14,16-17H2,1-3H3,(H,30,34)/t19-/m0/s1. The molecule has 2 saturated carbocycles. The molecular weight excluding hydrogens is 498 g/mol. The van der Waals surface area contributed by atoms with Gasteiger partial charge >= 0.3 is 0 Å². The monoisotopic (exact) mass is 536 g/mol. The Balaban J connectivity index is 1.40. The highest BCUT2D eigenvalue weighted by Gasteiger charge is 2.37. The van der Waals surface area contributed by atoms with Gasteiger partial charge in [0.1, 0.15) is 5.82 Å². The summed E-state index contributed by atoms with van der Waals surface area (Å²) in [5.41, 5.74) is 1.11. The molecule has 10 heteroatoms. The van der Waals surface area contributed by atoms with E-state index in [4.69, 9.17) is 4.98 Å². The number of imidazole rings is 1. The minimum atomic E-state index is -3.79. The van der Waals surface area contributed by atoms with Crippen LogP contribution in [0, 0.1) is 11.8 Å². The first-order chi connectivity index (χ1) is 17.3. The lowest BCUT2D eigenvalue weighted by Crippen LogP contribution is -2.45. The van der Waals surface area contributed by atoms with Crippen molar-refractivity contribution >= 4 is 27.0 Å². The van der Waals surface area contributed by atoms with Crippen LogP contribution in [0.3, 0.4) is 0 Å². The van der Waals surface area contributed by atoms with E-state index >= 15 is 0 Å². The molecule has 1 atom stereocenters. The minimum absolute atomic E-state index is 0.0492. The highest BCUT2D eigenvalue weighted by Crippen LogP contribution is 2.38. The van der Waals surface area contributed by atoms with E-state index in [1.807, 2.05) is 0 Å². The molecule has 1 aromatic carbocycles. The van der Waals surface area contributed by atoms with E-state index in [1.165, 1.54) is 4.31 Å². The molecule has 3 aliphatic rings. The van der Waals surface area contributed by atoms with Crippen LogP contribution >= 0.6 is 0 Å². The third kappa shape index (κ3) is 5.70. The number of fused-ring (bicyclic) bond motifs is 1. The van der Waals surface area contributed by atoms with Gasteiger partial charge in [-0.3, -0.25) is 4.79 Å². The normalized spacial score (nSPS) is 23.9. The van der Waals surface area contributed by atoms with Crippen molar-refractivity contribution in [2.45, 2.75) is 101 Å². The summed E-state index contributed by atoms with van der Waals surface area (Å²) in [6, 6.07) is 5.28. The molecule has 0 radical (unpaired) electrons. The molecule has 2 heterocycles. The number of hydrogen-bond acceptors (Lipinski definition) is 4. The smallest absolute Gasteiger partial charge is 0.248 e. The van der Waals surface area contributed by atoms with E-state index in [2.05, 4.69) is 30.7 Å². The van der Waals surface area contributed by atoms with Crippen molar-refractivity contribution < 1.29 is 22.0 Å². The molecule has 7 nitrogen and oxygen atoms in total. The van der Waals surface area contributed by atoms with Crippen molar-refractivity contribution in [1.29, 1.82) is 0 Å². The zero-order chi connectivity index (χ0) is 26.6. The number of amides is 1. The van der Waals surface area contributed by atoms with Gasteiger partial charge in [0.15, 0.2) is 0 Å². The molecule has 2 aromatic rings. The SMILES string of the molecule is CC(C)(C)c1nc2cc(S(=O)(=O)N3CCC[C@H](C(=O)NC4CC4)C3)ccc2n1CC1CCC(F)(F)CC1. The minimum Gasteiger partial charge on any atom is -0.353 e. The molecule has 3 fully saturated rings. The third-order valence-corrected chi connectivity index (χ3v) is 9.85. The fraction of sp³-hybridized carbons (Fsp3) is 0.704. The summed E-state index contributed by atoms with van der Waals surface area (Å²) in [5.74, 6) is -2.00. The molecule has 0 spiro atoms. The van der Waals surface area contributed by atoms with Crippen LogP contribution in [0.1, 0.15) is 78.0 Å². The number of alkyl halides is 2. The Morgan fingerprint density at radius 3 is 2.49 bits per heavy atom. The molecule has 1 aromatic heterocycles. The molecular formula is C27H38F2N4O3S. The molecule has 0 unspecified atom stereocenters. The number of hydrogen-bond donors (Lipinski definition) is 1. The molecule has 0 bridgehead atoms. The zero-order valence-electron chi connectivity index (χ0n) is 22.0. The Kier molecular flexibility index (Phi) is 6.88. The first kappa shape index (κ1) is 26.5. The molecule has 1 amide bonds. The van der Waals surface area contributed by atoms with Gasteiger partial charge in [0.25, 0.3) is 0 Å². The summed E-state index contributed by atoms with van der Waals surface area (Å²) in [6.45, 7) is 7.33. The Morgan fingerprint density at radius 2 is 1.84 bits per heavy atom. The van der Waals surface area contributed by atoms with Gasteiger partial charge in [0, 0.05) is 43.9 Å². The van der Waals surface area contributed by atoms with E-state index in [1.54, 1.807) is 18.2 Å². The highest BCUT2D eigenvalue weighted by molar-refractivity contribution is 7.89. The van der Waals surface area contributed by atoms with Crippen molar-refractivity contribution in [3.05, 3.63) is 24.0 Å². The maximum Gasteiger partial charge on any atom is 0.248 e. The fourth-order valence-corrected chi connectivity index (χ4v) is 7.18. The van der Waals surface area contributed by atoms with Gasteiger partial charge in [-0.05, 0) is 62.6 Å². The second-order valence-electron chi connectivity index (χ2n) is 12.2. The Bertz CT molecular complexity index is 1270. The van der Waals surface area contributed by atoms with Crippen LogP contribution in [0.15, 0.2) is 23.1 Å². The quantitative estimate of drug-likeness (QED) is 0.573. The van der Waals surface area contributed by atoms with Gasteiger partial charge in [0.05, 0.1) is 21.8 Å². The van der Waals surface area contributed by atoms with E-state index in [9.17, 15) is 22.0 Å². The van der Waals surface area contributed by atoms with Crippen molar-refractivity contribution in [1.82, 2.24) is 19.2 Å². The van der Waals surface area contributed by atoms with Crippen LogP contribution in [0.5, 0.6) is 0 Å². The molecule has 37 heavy (non-hydrogen) atoms. The molecule has 5 rings (SSSR count). The second-order valence-corrected chi connectivity index (χ2v) is 14.2. The largest absolute Gasteiger partial charge is 0.353 e. The predicted molar refractivity (Wildman–Crippen MR) is 138 cm³/mol. The third-order valence-electron chi connectivity index (χ3n) is 7.98. The average Bonchev–Trinajstić information content (AvgIpc) is 3.58. The topological polar surface area (TPSA) is 84.3 Å². The maximum atomic E-state index is 13.7. The van der Waals surface area contributed by atoms with Gasteiger partial charge in [-0.25, -0.2) is 22.2 Å². The van der Waals surface area contributed by atoms with E-state index in [0.717, 1.165) is 24.2 Å². The first-order valence-electron chi connectivity index (χ1n) is 13.5. The zero-order valence-corrected chi connectivity index (χ0v) is 22.8. The lowest BCUT2D eigenvalue weighted by molar-refractivity contribution is -0.126. The summed E-state index contributed by atoms with van der Waals surface area (Å²) in [4.78, 5) is 17.6. The molecule has 2 aliphatic carbocycles. The highest BCUT2D eigenvalue weighted by atomic mass is 32.2. The summed E-state index contributed by atoms with van der Waals surface area (Å²) < 4.78 is 58.1. The lowest BCUT2D eigenvalue weighted by atomic mass is 9.86. The summed E-state index contributed by atoms with van der Waals surface area (Å²) in [5, 5.41) is 3.01. The van der Waals surface area contributed by atoms with Crippen LogP contribution in [-0.2, 0) is 26.8 Å². The molecule has 1 N–H and O–H groups in total. The van der Waals surface area contributed by atoms with E-state index in [0.29, 0.717) is 44.3 Å². The number of aromatic nitrogens is 2. The van der Waals surface area contributed by atoms with Crippen molar-refractivity contribution in [2.75, 3.05) is 13.1 Å². The number of halogens is 2. The summed E-state index contributed by atoms with van der Waals surface area (Å²) >= 11 is 0. The van der Waals surface area contributed by atoms with Crippen molar-refractivity contribution in [2.24, 2.45) is 11.8 Å². The van der Waals surface area contributed by atoms with Gasteiger partial charge in [-0.1, -0.05) is 20.8 Å². The number of nitrogens with one attached hydrogen (secondary N) is 1. The summed E-state index contributed by atoms with van der Waals surface area (Å²) in [7, 11) is -3.79. The van der Waals surface area contributed by atoms with E-state index < -0.39 is 15.9 Å². The van der Waals surface area contributed by atoms with Crippen LogP contribution in [0.2, 0.25) is 0 Å². The maximum absolute atomic E-state index is 13.7. The molecule has 1 saturated heterocycles. The van der Waals surface area contributed by atoms with Gasteiger partial charge in [0.2, 0.25) is 21.9 Å². The molecule has 204 valence electrons. The average molecular weight is 537 g/mol. The van der Waals surface area contributed by atoms with Crippen molar-refractivity contribution in [3.63, 3.8) is 0 Å². The number of benzene rings is 1.